The van der Waals surface area contributed by atoms with E-state index in [1.165, 1.54) is 12.8 Å². The van der Waals surface area contributed by atoms with Crippen molar-refractivity contribution in [3.8, 4) is 11.8 Å². The minimum atomic E-state index is -0.732. The summed E-state index contributed by atoms with van der Waals surface area (Å²) in [4.78, 5) is 10.8. The SMILES string of the molecule is C[C@@H](CC#CC1CC1)[C@@H](/C=C/[C@@H]1[C@@H](CCCCCCC(=O)O)[C@@H](O)C[C@H]1OC1CCCCO1)OC1CCCCO1. The highest BCUT2D eigenvalue weighted by Crippen LogP contribution is 2.40. The topological polar surface area (TPSA) is 94.5 Å². The minimum absolute atomic E-state index is 0.0719. The maximum absolute atomic E-state index is 11.1. The van der Waals surface area contributed by atoms with Gasteiger partial charge in [0.2, 0.25) is 0 Å². The monoisotopic (exact) mass is 560 g/mol. The highest BCUT2D eigenvalue weighted by molar-refractivity contribution is 5.66. The van der Waals surface area contributed by atoms with Crippen molar-refractivity contribution >= 4 is 5.97 Å². The van der Waals surface area contributed by atoms with E-state index in [1.807, 2.05) is 0 Å². The van der Waals surface area contributed by atoms with Crippen LogP contribution in [0.25, 0.3) is 0 Å². The van der Waals surface area contributed by atoms with Gasteiger partial charge in [-0.2, -0.15) is 0 Å². The molecule has 2 unspecified atom stereocenters. The molecule has 2 N–H and O–H groups in total. The van der Waals surface area contributed by atoms with E-state index >= 15 is 0 Å². The standard InChI is InChI=1S/C33H52O7/c1-24(11-10-12-25-17-18-25)29(39-32-15-6-8-21-37-32)20-19-27-26(13-4-2-3-5-14-31(35)36)28(34)23-30(27)40-33-16-7-9-22-38-33/h19-20,24-30,32-34H,2-9,11,13-18,21-23H2,1H3,(H,35,36)/b20-19+/t24-,26+,27+,28-,29+,30+,32?,33?/m0/s1. The van der Waals surface area contributed by atoms with Gasteiger partial charge in [0.1, 0.15) is 0 Å². The number of carboxylic acid groups (broad SMARTS) is 1. The van der Waals surface area contributed by atoms with Crippen LogP contribution in [0.5, 0.6) is 0 Å². The zero-order valence-electron chi connectivity index (χ0n) is 24.5. The summed E-state index contributed by atoms with van der Waals surface area (Å²) in [5.41, 5.74) is 0. The largest absolute Gasteiger partial charge is 0.481 e. The smallest absolute Gasteiger partial charge is 0.303 e. The number of carboxylic acids is 1. The van der Waals surface area contributed by atoms with Crippen LogP contribution in [0.15, 0.2) is 12.2 Å². The number of aliphatic hydroxyl groups is 1. The van der Waals surface area contributed by atoms with E-state index in [0.717, 1.165) is 83.8 Å². The predicted molar refractivity (Wildman–Crippen MR) is 153 cm³/mol. The van der Waals surface area contributed by atoms with Gasteiger partial charge in [0, 0.05) is 44.3 Å². The molecule has 226 valence electrons. The summed E-state index contributed by atoms with van der Waals surface area (Å²) in [5, 5.41) is 20.0. The number of carbonyl (C=O) groups is 1. The molecule has 4 rings (SSSR count). The van der Waals surface area contributed by atoms with Gasteiger partial charge in [-0.3, -0.25) is 4.79 Å². The average Bonchev–Trinajstić information content (AvgIpc) is 3.73. The fraction of sp³-hybridized carbons (Fsp3) is 0.848. The Morgan fingerprint density at radius 3 is 2.40 bits per heavy atom. The summed E-state index contributed by atoms with van der Waals surface area (Å²) >= 11 is 0. The first-order valence-corrected chi connectivity index (χ1v) is 16.1. The molecule has 7 heteroatoms. The van der Waals surface area contributed by atoms with Crippen LogP contribution < -0.4 is 0 Å². The third-order valence-electron chi connectivity index (χ3n) is 8.87. The zero-order valence-corrected chi connectivity index (χ0v) is 24.5. The van der Waals surface area contributed by atoms with Crippen molar-refractivity contribution in [3.63, 3.8) is 0 Å². The molecule has 2 aliphatic heterocycles. The molecule has 0 radical (unpaired) electrons. The fourth-order valence-electron chi connectivity index (χ4n) is 6.23. The Kier molecular flexibility index (Phi) is 13.3. The van der Waals surface area contributed by atoms with Crippen molar-refractivity contribution in [2.24, 2.45) is 23.7 Å². The van der Waals surface area contributed by atoms with Crippen LogP contribution in [0.1, 0.15) is 110 Å². The molecule has 8 atom stereocenters. The Labute approximate surface area is 241 Å². The van der Waals surface area contributed by atoms with Crippen molar-refractivity contribution < 1.29 is 34.0 Å². The highest BCUT2D eigenvalue weighted by atomic mass is 16.7. The molecular formula is C33H52O7. The number of hydrogen-bond donors (Lipinski definition) is 2. The molecule has 0 aromatic heterocycles. The van der Waals surface area contributed by atoms with Crippen molar-refractivity contribution in [1.82, 2.24) is 0 Å². The number of aliphatic hydroxyl groups excluding tert-OH is 1. The van der Waals surface area contributed by atoms with Crippen LogP contribution in [0.3, 0.4) is 0 Å². The van der Waals surface area contributed by atoms with Gasteiger partial charge in [0.25, 0.3) is 0 Å². The van der Waals surface area contributed by atoms with E-state index in [9.17, 15) is 9.90 Å². The van der Waals surface area contributed by atoms with Gasteiger partial charge in [-0.05, 0) is 76.0 Å². The molecule has 2 saturated heterocycles. The number of aliphatic carboxylic acids is 1. The van der Waals surface area contributed by atoms with Crippen molar-refractivity contribution in [3.05, 3.63) is 12.2 Å². The number of ether oxygens (including phenoxy) is 4. The Bertz CT molecular complexity index is 831. The molecule has 0 aromatic rings. The lowest BCUT2D eigenvalue weighted by atomic mass is 9.87. The molecule has 0 aromatic carbocycles. The average molecular weight is 561 g/mol. The Balaban J connectivity index is 1.42. The first-order valence-electron chi connectivity index (χ1n) is 16.1. The maximum atomic E-state index is 11.1. The second kappa shape index (κ2) is 16.9. The van der Waals surface area contributed by atoms with Crippen LogP contribution in [0.2, 0.25) is 0 Å². The molecule has 7 nitrogen and oxygen atoms in total. The maximum Gasteiger partial charge on any atom is 0.303 e. The number of hydrogen-bond acceptors (Lipinski definition) is 6. The summed E-state index contributed by atoms with van der Waals surface area (Å²) in [5.74, 6) is 7.05. The van der Waals surface area contributed by atoms with Crippen molar-refractivity contribution in [2.45, 2.75) is 141 Å². The lowest BCUT2D eigenvalue weighted by Crippen LogP contribution is -2.32. The van der Waals surface area contributed by atoms with Gasteiger partial charge < -0.3 is 29.2 Å². The number of rotatable bonds is 15. The summed E-state index contributed by atoms with van der Waals surface area (Å²) in [6.45, 7) is 3.69. The van der Waals surface area contributed by atoms with E-state index in [1.54, 1.807) is 0 Å². The lowest BCUT2D eigenvalue weighted by molar-refractivity contribution is -0.193. The second-order valence-corrected chi connectivity index (χ2v) is 12.4. The number of unbranched alkanes of at least 4 members (excludes halogenated alkanes) is 3. The highest BCUT2D eigenvalue weighted by Gasteiger charge is 2.43. The second-order valence-electron chi connectivity index (χ2n) is 12.4. The molecule has 0 bridgehead atoms. The van der Waals surface area contributed by atoms with Crippen molar-refractivity contribution in [1.29, 1.82) is 0 Å². The van der Waals surface area contributed by atoms with Crippen LogP contribution >= 0.6 is 0 Å². The van der Waals surface area contributed by atoms with E-state index in [-0.39, 0.29) is 49.0 Å². The van der Waals surface area contributed by atoms with E-state index in [4.69, 9.17) is 24.1 Å². The van der Waals surface area contributed by atoms with Crippen LogP contribution in [-0.4, -0.2) is 60.3 Å². The van der Waals surface area contributed by atoms with Gasteiger partial charge in [-0.1, -0.05) is 44.3 Å². The molecular weight excluding hydrogens is 508 g/mol. The third kappa shape index (κ3) is 10.8. The van der Waals surface area contributed by atoms with Crippen LogP contribution in [0, 0.1) is 35.5 Å². The predicted octanol–water partition coefficient (Wildman–Crippen LogP) is 6.23. The van der Waals surface area contributed by atoms with Crippen LogP contribution in [-0.2, 0) is 23.7 Å². The van der Waals surface area contributed by atoms with Crippen molar-refractivity contribution in [2.75, 3.05) is 13.2 Å². The third-order valence-corrected chi connectivity index (χ3v) is 8.87. The molecule has 0 spiro atoms. The molecule has 4 aliphatic rings. The first-order chi connectivity index (χ1) is 19.5. The summed E-state index contributed by atoms with van der Waals surface area (Å²) in [6.07, 6.45) is 18.2. The van der Waals surface area contributed by atoms with Gasteiger partial charge in [-0.15, -0.1) is 5.92 Å². The van der Waals surface area contributed by atoms with Crippen LogP contribution in [0.4, 0.5) is 0 Å². The molecule has 2 saturated carbocycles. The van der Waals surface area contributed by atoms with Gasteiger partial charge in [0.15, 0.2) is 12.6 Å². The zero-order chi connectivity index (χ0) is 28.2. The fourth-order valence-corrected chi connectivity index (χ4v) is 6.23. The lowest BCUT2D eigenvalue weighted by Gasteiger charge is -2.31. The molecule has 2 heterocycles. The summed E-state index contributed by atoms with van der Waals surface area (Å²) < 4.78 is 24.9. The van der Waals surface area contributed by atoms with E-state index < -0.39 is 12.1 Å². The van der Waals surface area contributed by atoms with Gasteiger partial charge >= 0.3 is 5.97 Å². The quantitative estimate of drug-likeness (QED) is 0.139. The minimum Gasteiger partial charge on any atom is -0.481 e. The Morgan fingerprint density at radius 1 is 1.00 bits per heavy atom. The van der Waals surface area contributed by atoms with Gasteiger partial charge in [0.05, 0.1) is 18.3 Å². The molecule has 4 fully saturated rings. The van der Waals surface area contributed by atoms with Gasteiger partial charge in [-0.25, -0.2) is 0 Å². The molecule has 40 heavy (non-hydrogen) atoms. The Morgan fingerprint density at radius 2 is 1.73 bits per heavy atom. The summed E-state index contributed by atoms with van der Waals surface area (Å²) in [6, 6.07) is 0. The first kappa shape index (κ1) is 31.5. The van der Waals surface area contributed by atoms with E-state index in [0.29, 0.717) is 18.8 Å². The van der Waals surface area contributed by atoms with E-state index in [2.05, 4.69) is 30.9 Å². The Hall–Kier alpha value is -1.43. The molecule has 0 amide bonds. The summed E-state index contributed by atoms with van der Waals surface area (Å²) in [7, 11) is 0. The normalized spacial score (nSPS) is 32.5. The molecule has 2 aliphatic carbocycles.